The third kappa shape index (κ3) is 2.53. The van der Waals surface area contributed by atoms with Crippen LogP contribution < -0.4 is 0 Å². The molecule has 2 aliphatic carbocycles. The van der Waals surface area contributed by atoms with Gasteiger partial charge in [-0.05, 0) is 38.5 Å². The van der Waals surface area contributed by atoms with Crippen LogP contribution in [0.1, 0.15) is 51.9 Å². The Hall–Kier alpha value is -0.530. The summed E-state index contributed by atoms with van der Waals surface area (Å²) < 4.78 is 0. The van der Waals surface area contributed by atoms with Crippen LogP contribution >= 0.6 is 0 Å². The summed E-state index contributed by atoms with van der Waals surface area (Å²) in [4.78, 5) is 2.33. The lowest BCUT2D eigenvalue weighted by Gasteiger charge is -2.34. The van der Waals surface area contributed by atoms with Crippen molar-refractivity contribution in [2.75, 3.05) is 13.1 Å². The maximum Gasteiger partial charge on any atom is 0.0989 e. The molecule has 0 amide bonds. The van der Waals surface area contributed by atoms with E-state index >= 15 is 0 Å². The van der Waals surface area contributed by atoms with E-state index in [1.165, 1.54) is 44.9 Å². The SMILES string of the molecule is CCN(CC1CCC1)C(=N)C1CCCC1. The zero-order valence-corrected chi connectivity index (χ0v) is 9.97. The first-order chi connectivity index (χ1) is 7.31. The van der Waals surface area contributed by atoms with Gasteiger partial charge in [-0.3, -0.25) is 5.41 Å². The molecule has 0 bridgehead atoms. The molecule has 15 heavy (non-hydrogen) atoms. The van der Waals surface area contributed by atoms with Crippen molar-refractivity contribution in [1.82, 2.24) is 4.90 Å². The van der Waals surface area contributed by atoms with Crippen molar-refractivity contribution in [2.45, 2.75) is 51.9 Å². The molecule has 0 aromatic rings. The van der Waals surface area contributed by atoms with E-state index in [4.69, 9.17) is 5.41 Å². The van der Waals surface area contributed by atoms with E-state index < -0.39 is 0 Å². The first-order valence-electron chi connectivity index (χ1n) is 6.64. The van der Waals surface area contributed by atoms with Gasteiger partial charge in [-0.25, -0.2) is 0 Å². The third-order valence-electron chi connectivity index (χ3n) is 4.17. The third-order valence-corrected chi connectivity index (χ3v) is 4.17. The van der Waals surface area contributed by atoms with Crippen LogP contribution in [-0.2, 0) is 0 Å². The second-order valence-corrected chi connectivity index (χ2v) is 5.20. The number of hydrogen-bond acceptors (Lipinski definition) is 1. The molecule has 2 nitrogen and oxygen atoms in total. The topological polar surface area (TPSA) is 27.1 Å². The summed E-state index contributed by atoms with van der Waals surface area (Å²) >= 11 is 0. The molecule has 1 N–H and O–H groups in total. The fourth-order valence-corrected chi connectivity index (χ4v) is 2.84. The van der Waals surface area contributed by atoms with Gasteiger partial charge >= 0.3 is 0 Å². The monoisotopic (exact) mass is 208 g/mol. The van der Waals surface area contributed by atoms with Gasteiger partial charge in [0.2, 0.25) is 0 Å². The quantitative estimate of drug-likeness (QED) is 0.557. The standard InChI is InChI=1S/C13H24N2/c1-2-15(10-11-6-5-7-11)13(14)12-8-3-4-9-12/h11-12,14H,2-10H2,1H3. The van der Waals surface area contributed by atoms with E-state index in [-0.39, 0.29) is 0 Å². The Kier molecular flexibility index (Phi) is 3.66. The summed E-state index contributed by atoms with van der Waals surface area (Å²) in [6.45, 7) is 4.39. The smallest absolute Gasteiger partial charge is 0.0989 e. The van der Waals surface area contributed by atoms with E-state index in [1.807, 2.05) is 0 Å². The molecule has 0 atom stereocenters. The van der Waals surface area contributed by atoms with Gasteiger partial charge in [-0.2, -0.15) is 0 Å². The van der Waals surface area contributed by atoms with Gasteiger partial charge in [0.15, 0.2) is 0 Å². The second kappa shape index (κ2) is 5.00. The maximum absolute atomic E-state index is 8.26. The molecule has 0 aromatic heterocycles. The summed E-state index contributed by atoms with van der Waals surface area (Å²) in [6.07, 6.45) is 9.42. The predicted octanol–water partition coefficient (Wildman–Crippen LogP) is 3.28. The fourth-order valence-electron chi connectivity index (χ4n) is 2.84. The van der Waals surface area contributed by atoms with Crippen LogP contribution in [0.5, 0.6) is 0 Å². The molecule has 0 radical (unpaired) electrons. The molecule has 2 saturated carbocycles. The van der Waals surface area contributed by atoms with Gasteiger partial charge in [0.25, 0.3) is 0 Å². The number of nitrogens with zero attached hydrogens (tertiary/aromatic N) is 1. The lowest BCUT2D eigenvalue weighted by molar-refractivity contribution is 0.237. The highest BCUT2D eigenvalue weighted by molar-refractivity contribution is 5.81. The van der Waals surface area contributed by atoms with Crippen molar-refractivity contribution in [2.24, 2.45) is 11.8 Å². The molecule has 0 aliphatic heterocycles. The highest BCUT2D eigenvalue weighted by Crippen LogP contribution is 2.30. The van der Waals surface area contributed by atoms with E-state index in [9.17, 15) is 0 Å². The minimum absolute atomic E-state index is 0.588. The van der Waals surface area contributed by atoms with Gasteiger partial charge in [-0.1, -0.05) is 19.3 Å². The molecule has 0 heterocycles. The number of amidine groups is 1. The van der Waals surface area contributed by atoms with Crippen molar-refractivity contribution >= 4 is 5.84 Å². The lowest BCUT2D eigenvalue weighted by Crippen LogP contribution is -2.39. The summed E-state index contributed by atoms with van der Waals surface area (Å²) in [7, 11) is 0. The van der Waals surface area contributed by atoms with Crippen LogP contribution in [0, 0.1) is 17.2 Å². The Labute approximate surface area is 93.6 Å². The minimum Gasteiger partial charge on any atom is -0.360 e. The Balaban J connectivity index is 1.83. The highest BCUT2D eigenvalue weighted by Gasteiger charge is 2.26. The minimum atomic E-state index is 0.588. The Morgan fingerprint density at radius 2 is 1.80 bits per heavy atom. The van der Waals surface area contributed by atoms with Crippen molar-refractivity contribution in [1.29, 1.82) is 5.41 Å². The van der Waals surface area contributed by atoms with E-state index in [2.05, 4.69) is 11.8 Å². The van der Waals surface area contributed by atoms with Crippen molar-refractivity contribution in [3.05, 3.63) is 0 Å². The summed E-state index contributed by atoms with van der Waals surface area (Å²) in [5, 5.41) is 8.26. The Morgan fingerprint density at radius 3 is 2.27 bits per heavy atom. The first-order valence-corrected chi connectivity index (χ1v) is 6.64. The predicted molar refractivity (Wildman–Crippen MR) is 64.3 cm³/mol. The molecule has 0 unspecified atom stereocenters. The number of rotatable bonds is 4. The van der Waals surface area contributed by atoms with Crippen LogP contribution in [0.2, 0.25) is 0 Å². The van der Waals surface area contributed by atoms with Crippen LogP contribution in [0.25, 0.3) is 0 Å². The number of hydrogen-bond donors (Lipinski definition) is 1. The van der Waals surface area contributed by atoms with Gasteiger partial charge in [0, 0.05) is 19.0 Å². The fraction of sp³-hybridized carbons (Fsp3) is 0.923. The van der Waals surface area contributed by atoms with Crippen molar-refractivity contribution in [3.8, 4) is 0 Å². The van der Waals surface area contributed by atoms with Gasteiger partial charge < -0.3 is 4.90 Å². The normalized spacial score (nSPS) is 22.7. The lowest BCUT2D eigenvalue weighted by atomic mass is 9.85. The van der Waals surface area contributed by atoms with Gasteiger partial charge in [0.1, 0.15) is 0 Å². The molecule has 2 aliphatic rings. The maximum atomic E-state index is 8.26. The summed E-state index contributed by atoms with van der Waals surface area (Å²) in [5.74, 6) is 2.43. The zero-order chi connectivity index (χ0) is 10.7. The van der Waals surface area contributed by atoms with E-state index in [0.29, 0.717) is 5.92 Å². The zero-order valence-electron chi connectivity index (χ0n) is 9.97. The Bertz CT molecular complexity index is 215. The largest absolute Gasteiger partial charge is 0.360 e. The van der Waals surface area contributed by atoms with Gasteiger partial charge in [0.05, 0.1) is 5.84 Å². The van der Waals surface area contributed by atoms with Crippen LogP contribution in [-0.4, -0.2) is 23.8 Å². The van der Waals surface area contributed by atoms with Crippen LogP contribution in [0.4, 0.5) is 0 Å². The van der Waals surface area contributed by atoms with E-state index in [1.54, 1.807) is 0 Å². The average molecular weight is 208 g/mol. The van der Waals surface area contributed by atoms with Gasteiger partial charge in [-0.15, -0.1) is 0 Å². The molecule has 2 rings (SSSR count). The van der Waals surface area contributed by atoms with Crippen LogP contribution in [0.3, 0.4) is 0 Å². The summed E-state index contributed by atoms with van der Waals surface area (Å²) in [6, 6.07) is 0. The molecule has 2 heteroatoms. The molecule has 0 aromatic carbocycles. The number of nitrogens with one attached hydrogen (secondary N) is 1. The van der Waals surface area contributed by atoms with E-state index in [0.717, 1.165) is 24.8 Å². The molecular weight excluding hydrogens is 184 g/mol. The molecular formula is C13H24N2. The molecule has 0 saturated heterocycles. The second-order valence-electron chi connectivity index (χ2n) is 5.20. The summed E-state index contributed by atoms with van der Waals surface area (Å²) in [5.41, 5.74) is 0. The molecule has 2 fully saturated rings. The molecule has 0 spiro atoms. The highest BCUT2D eigenvalue weighted by atomic mass is 15.2. The Morgan fingerprint density at radius 1 is 1.13 bits per heavy atom. The van der Waals surface area contributed by atoms with Crippen molar-refractivity contribution < 1.29 is 0 Å². The van der Waals surface area contributed by atoms with Crippen molar-refractivity contribution in [3.63, 3.8) is 0 Å². The average Bonchev–Trinajstić information content (AvgIpc) is 2.68. The first kappa shape index (κ1) is 11.0. The molecule has 86 valence electrons. The van der Waals surface area contributed by atoms with Crippen LogP contribution in [0.15, 0.2) is 0 Å².